The molecular formula is C15H14ClNO3. The van der Waals surface area contributed by atoms with Gasteiger partial charge in [0.2, 0.25) is 0 Å². The molecule has 20 heavy (non-hydrogen) atoms. The second-order valence-electron chi connectivity index (χ2n) is 4.16. The van der Waals surface area contributed by atoms with E-state index >= 15 is 0 Å². The highest BCUT2D eigenvalue weighted by molar-refractivity contribution is 6.31. The summed E-state index contributed by atoms with van der Waals surface area (Å²) in [5.41, 5.74) is 1.78. The molecule has 0 aliphatic heterocycles. The van der Waals surface area contributed by atoms with Gasteiger partial charge in [-0.25, -0.2) is 4.79 Å². The summed E-state index contributed by atoms with van der Waals surface area (Å²) in [6, 6.07) is 12.0. The minimum absolute atomic E-state index is 0.237. The summed E-state index contributed by atoms with van der Waals surface area (Å²) in [7, 11) is 1.58. The average Bonchev–Trinajstić information content (AvgIpc) is 2.46. The molecule has 104 valence electrons. The van der Waals surface area contributed by atoms with Crippen molar-refractivity contribution in [1.29, 1.82) is 0 Å². The maximum atomic E-state index is 10.9. The molecule has 0 aliphatic rings. The fourth-order valence-electron chi connectivity index (χ4n) is 1.85. The lowest BCUT2D eigenvalue weighted by atomic mass is 10.1. The molecule has 5 heteroatoms. The molecular weight excluding hydrogens is 278 g/mol. The van der Waals surface area contributed by atoms with Crippen LogP contribution in [0.15, 0.2) is 42.5 Å². The van der Waals surface area contributed by atoms with Crippen LogP contribution < -0.4 is 10.1 Å². The van der Waals surface area contributed by atoms with Crippen LogP contribution in [-0.4, -0.2) is 18.2 Å². The fraction of sp³-hybridized carbons (Fsp3) is 0.133. The number of aromatic carboxylic acids is 1. The number of carboxylic acids is 1. The van der Waals surface area contributed by atoms with E-state index in [9.17, 15) is 4.79 Å². The van der Waals surface area contributed by atoms with Crippen LogP contribution in [0.2, 0.25) is 5.02 Å². The van der Waals surface area contributed by atoms with Crippen molar-refractivity contribution in [1.82, 2.24) is 0 Å². The molecule has 0 radical (unpaired) electrons. The molecule has 0 aliphatic carbocycles. The first-order valence-corrected chi connectivity index (χ1v) is 6.38. The minimum Gasteiger partial charge on any atom is -0.496 e. The van der Waals surface area contributed by atoms with E-state index in [-0.39, 0.29) is 5.56 Å². The van der Waals surface area contributed by atoms with Crippen LogP contribution in [0, 0.1) is 0 Å². The normalized spacial score (nSPS) is 10.1. The van der Waals surface area contributed by atoms with Crippen LogP contribution in [0.4, 0.5) is 5.69 Å². The quantitative estimate of drug-likeness (QED) is 0.882. The van der Waals surface area contributed by atoms with Crippen molar-refractivity contribution in [2.45, 2.75) is 6.54 Å². The van der Waals surface area contributed by atoms with Gasteiger partial charge in [0.05, 0.1) is 12.7 Å². The number of rotatable bonds is 5. The number of halogens is 1. The van der Waals surface area contributed by atoms with Crippen molar-refractivity contribution in [2.75, 3.05) is 12.4 Å². The predicted octanol–water partition coefficient (Wildman–Crippen LogP) is 3.66. The highest BCUT2D eigenvalue weighted by Gasteiger charge is 2.08. The molecule has 0 aromatic heterocycles. The summed E-state index contributed by atoms with van der Waals surface area (Å²) < 4.78 is 5.26. The third kappa shape index (κ3) is 3.22. The van der Waals surface area contributed by atoms with Crippen molar-refractivity contribution in [3.05, 3.63) is 58.6 Å². The maximum Gasteiger partial charge on any atom is 0.335 e. The van der Waals surface area contributed by atoms with Gasteiger partial charge in [0.1, 0.15) is 5.75 Å². The molecule has 0 spiro atoms. The van der Waals surface area contributed by atoms with Gasteiger partial charge in [0, 0.05) is 22.8 Å². The van der Waals surface area contributed by atoms with Crippen LogP contribution >= 0.6 is 11.6 Å². The third-order valence-corrected chi connectivity index (χ3v) is 3.23. The molecule has 0 saturated carbocycles. The van der Waals surface area contributed by atoms with E-state index in [2.05, 4.69) is 5.32 Å². The Morgan fingerprint density at radius 2 is 2.05 bits per heavy atom. The number of benzene rings is 2. The van der Waals surface area contributed by atoms with Gasteiger partial charge in [0.25, 0.3) is 0 Å². The SMILES string of the molecule is COc1cccc(Cl)c1CNc1cccc(C(=O)O)c1. The largest absolute Gasteiger partial charge is 0.496 e. The van der Waals surface area contributed by atoms with Crippen molar-refractivity contribution >= 4 is 23.3 Å². The standard InChI is InChI=1S/C15H14ClNO3/c1-20-14-7-3-6-13(16)12(14)9-17-11-5-2-4-10(8-11)15(18)19/h2-8,17H,9H2,1H3,(H,18,19). The highest BCUT2D eigenvalue weighted by atomic mass is 35.5. The first-order valence-electron chi connectivity index (χ1n) is 6.00. The van der Waals surface area contributed by atoms with Crippen LogP contribution in [0.3, 0.4) is 0 Å². The number of hydrogen-bond donors (Lipinski definition) is 2. The van der Waals surface area contributed by atoms with E-state index in [4.69, 9.17) is 21.4 Å². The number of hydrogen-bond acceptors (Lipinski definition) is 3. The lowest BCUT2D eigenvalue weighted by Crippen LogP contribution is -2.04. The Hall–Kier alpha value is -2.20. The summed E-state index contributed by atoms with van der Waals surface area (Å²) >= 11 is 6.14. The van der Waals surface area contributed by atoms with E-state index < -0.39 is 5.97 Å². The molecule has 2 aromatic rings. The van der Waals surface area contributed by atoms with Gasteiger partial charge >= 0.3 is 5.97 Å². The molecule has 0 saturated heterocycles. The fourth-order valence-corrected chi connectivity index (χ4v) is 2.09. The van der Waals surface area contributed by atoms with E-state index in [1.165, 1.54) is 0 Å². The average molecular weight is 292 g/mol. The summed E-state index contributed by atoms with van der Waals surface area (Å²) in [4.78, 5) is 10.9. The Morgan fingerprint density at radius 1 is 1.30 bits per heavy atom. The van der Waals surface area contributed by atoms with E-state index in [0.717, 1.165) is 5.56 Å². The Bertz CT molecular complexity index is 628. The molecule has 0 amide bonds. The third-order valence-electron chi connectivity index (χ3n) is 2.87. The zero-order chi connectivity index (χ0) is 14.5. The molecule has 0 atom stereocenters. The van der Waals surface area contributed by atoms with Crippen molar-refractivity contribution in [3.8, 4) is 5.75 Å². The Labute approximate surface area is 122 Å². The Balaban J connectivity index is 2.17. The molecule has 0 bridgehead atoms. The van der Waals surface area contributed by atoms with Crippen molar-refractivity contribution < 1.29 is 14.6 Å². The smallest absolute Gasteiger partial charge is 0.335 e. The summed E-state index contributed by atoms with van der Waals surface area (Å²) in [6.45, 7) is 0.450. The van der Waals surface area contributed by atoms with E-state index in [1.807, 2.05) is 12.1 Å². The second-order valence-corrected chi connectivity index (χ2v) is 4.57. The lowest BCUT2D eigenvalue weighted by molar-refractivity contribution is 0.0697. The highest BCUT2D eigenvalue weighted by Crippen LogP contribution is 2.27. The van der Waals surface area contributed by atoms with E-state index in [0.29, 0.717) is 23.0 Å². The van der Waals surface area contributed by atoms with Gasteiger partial charge in [0.15, 0.2) is 0 Å². The second kappa shape index (κ2) is 6.30. The molecule has 0 fully saturated rings. The molecule has 2 N–H and O–H groups in total. The molecule has 0 unspecified atom stereocenters. The van der Waals surface area contributed by atoms with Gasteiger partial charge in [-0.2, -0.15) is 0 Å². The zero-order valence-electron chi connectivity index (χ0n) is 10.9. The topological polar surface area (TPSA) is 58.6 Å². The zero-order valence-corrected chi connectivity index (χ0v) is 11.6. The first-order chi connectivity index (χ1) is 9.61. The maximum absolute atomic E-state index is 10.9. The summed E-state index contributed by atoms with van der Waals surface area (Å²) in [5, 5.41) is 12.7. The van der Waals surface area contributed by atoms with Crippen LogP contribution in [-0.2, 0) is 6.54 Å². The van der Waals surface area contributed by atoms with Gasteiger partial charge in [-0.1, -0.05) is 23.7 Å². The van der Waals surface area contributed by atoms with Gasteiger partial charge < -0.3 is 15.2 Å². The summed E-state index contributed by atoms with van der Waals surface area (Å²) in [5.74, 6) is -0.261. The minimum atomic E-state index is -0.955. The summed E-state index contributed by atoms with van der Waals surface area (Å²) in [6.07, 6.45) is 0. The lowest BCUT2D eigenvalue weighted by Gasteiger charge is -2.12. The number of carbonyl (C=O) groups is 1. The van der Waals surface area contributed by atoms with Gasteiger partial charge in [-0.15, -0.1) is 0 Å². The van der Waals surface area contributed by atoms with Crippen molar-refractivity contribution in [3.63, 3.8) is 0 Å². The molecule has 0 heterocycles. The number of anilines is 1. The van der Waals surface area contributed by atoms with Crippen LogP contribution in [0.25, 0.3) is 0 Å². The van der Waals surface area contributed by atoms with Crippen LogP contribution in [0.5, 0.6) is 5.75 Å². The number of methoxy groups -OCH3 is 1. The Kier molecular flexibility index (Phi) is 4.48. The van der Waals surface area contributed by atoms with Gasteiger partial charge in [-0.05, 0) is 30.3 Å². The Morgan fingerprint density at radius 3 is 2.75 bits per heavy atom. The van der Waals surface area contributed by atoms with Crippen molar-refractivity contribution in [2.24, 2.45) is 0 Å². The predicted molar refractivity (Wildman–Crippen MR) is 78.7 cm³/mol. The first kappa shape index (κ1) is 14.2. The molecule has 2 aromatic carbocycles. The molecule has 4 nitrogen and oxygen atoms in total. The van der Waals surface area contributed by atoms with E-state index in [1.54, 1.807) is 37.4 Å². The van der Waals surface area contributed by atoms with Gasteiger partial charge in [-0.3, -0.25) is 0 Å². The number of nitrogens with one attached hydrogen (secondary N) is 1. The number of ether oxygens (including phenoxy) is 1. The monoisotopic (exact) mass is 291 g/mol. The molecule has 2 rings (SSSR count). The number of carboxylic acid groups (broad SMARTS) is 1. The van der Waals surface area contributed by atoms with Crippen LogP contribution in [0.1, 0.15) is 15.9 Å².